The highest BCUT2D eigenvalue weighted by atomic mass is 14.6. The van der Waals surface area contributed by atoms with Crippen LogP contribution in [0.3, 0.4) is 0 Å². The Bertz CT molecular complexity index is 503. The van der Waals surface area contributed by atoms with E-state index < -0.39 is 0 Å². The maximum atomic E-state index is 6.17. The van der Waals surface area contributed by atoms with Gasteiger partial charge in [-0.2, -0.15) is 0 Å². The van der Waals surface area contributed by atoms with E-state index >= 15 is 0 Å². The topological polar surface area (TPSA) is 52.0 Å². The molecule has 0 aliphatic carbocycles. The molecule has 0 spiro atoms. The minimum absolute atomic E-state index is 0.830. The number of anilines is 2. The summed E-state index contributed by atoms with van der Waals surface area (Å²) in [4.78, 5) is 0. The third-order valence-corrected chi connectivity index (χ3v) is 3.00. The zero-order valence-corrected chi connectivity index (χ0v) is 9.66. The number of fused-ring (bicyclic) bond motifs is 1. The van der Waals surface area contributed by atoms with Crippen molar-refractivity contribution in [1.82, 2.24) is 0 Å². The summed E-state index contributed by atoms with van der Waals surface area (Å²) in [5, 5.41) is 2.13. The van der Waals surface area contributed by atoms with E-state index in [0.29, 0.717) is 0 Å². The van der Waals surface area contributed by atoms with Crippen molar-refractivity contribution in [2.75, 3.05) is 11.5 Å². The fraction of sp³-hybridized carbons (Fsp3) is 0.286. The molecule has 2 aromatic carbocycles. The zero-order chi connectivity index (χ0) is 11.5. The first-order valence-electron chi connectivity index (χ1n) is 5.79. The normalized spacial score (nSPS) is 10.8. The largest absolute Gasteiger partial charge is 0.398 e. The summed E-state index contributed by atoms with van der Waals surface area (Å²) in [5.74, 6) is 0. The van der Waals surface area contributed by atoms with E-state index in [1.807, 2.05) is 30.3 Å². The fourth-order valence-corrected chi connectivity index (χ4v) is 2.06. The van der Waals surface area contributed by atoms with Crippen LogP contribution in [-0.2, 0) is 6.42 Å². The van der Waals surface area contributed by atoms with Crippen molar-refractivity contribution in [1.29, 1.82) is 0 Å². The predicted molar refractivity (Wildman–Crippen MR) is 71.4 cm³/mol. The highest BCUT2D eigenvalue weighted by Crippen LogP contribution is 2.30. The summed E-state index contributed by atoms with van der Waals surface area (Å²) in [5.41, 5.74) is 15.1. The van der Waals surface area contributed by atoms with E-state index in [1.54, 1.807) is 0 Å². The molecule has 16 heavy (non-hydrogen) atoms. The highest BCUT2D eigenvalue weighted by molar-refractivity contribution is 6.01. The van der Waals surface area contributed by atoms with Crippen molar-refractivity contribution >= 4 is 22.1 Å². The van der Waals surface area contributed by atoms with Crippen LogP contribution in [0.5, 0.6) is 0 Å². The zero-order valence-electron chi connectivity index (χ0n) is 9.66. The average Bonchev–Trinajstić information content (AvgIpc) is 2.32. The van der Waals surface area contributed by atoms with Gasteiger partial charge in [0.1, 0.15) is 0 Å². The molecule has 2 aromatic rings. The van der Waals surface area contributed by atoms with Crippen molar-refractivity contribution in [3.63, 3.8) is 0 Å². The van der Waals surface area contributed by atoms with Gasteiger partial charge >= 0.3 is 0 Å². The third-order valence-electron chi connectivity index (χ3n) is 3.00. The van der Waals surface area contributed by atoms with E-state index in [1.165, 1.54) is 12.0 Å². The van der Waals surface area contributed by atoms with E-state index in [9.17, 15) is 0 Å². The number of nitrogen functional groups attached to an aromatic ring is 2. The molecule has 2 heteroatoms. The molecule has 0 aromatic heterocycles. The molecule has 0 aliphatic heterocycles. The molecule has 0 aliphatic rings. The summed E-state index contributed by atoms with van der Waals surface area (Å²) in [7, 11) is 0. The van der Waals surface area contributed by atoms with Crippen molar-refractivity contribution in [2.24, 2.45) is 0 Å². The SMILES string of the molecule is CCCCc1cc(N)c2ccccc2c1N. The summed E-state index contributed by atoms with van der Waals surface area (Å²) in [6.07, 6.45) is 3.34. The first-order chi connectivity index (χ1) is 7.74. The van der Waals surface area contributed by atoms with Gasteiger partial charge in [-0.05, 0) is 24.5 Å². The van der Waals surface area contributed by atoms with Crippen LogP contribution in [0.2, 0.25) is 0 Å². The Balaban J connectivity index is 2.56. The molecule has 2 rings (SSSR count). The minimum Gasteiger partial charge on any atom is -0.398 e. The number of rotatable bonds is 3. The van der Waals surface area contributed by atoms with Gasteiger partial charge < -0.3 is 11.5 Å². The van der Waals surface area contributed by atoms with Crippen molar-refractivity contribution < 1.29 is 0 Å². The Kier molecular flexibility index (Phi) is 3.00. The number of nitrogens with two attached hydrogens (primary N) is 2. The van der Waals surface area contributed by atoms with Crippen LogP contribution in [0, 0.1) is 0 Å². The lowest BCUT2D eigenvalue weighted by Gasteiger charge is -2.11. The van der Waals surface area contributed by atoms with Crippen LogP contribution in [0.25, 0.3) is 10.8 Å². The Morgan fingerprint density at radius 3 is 2.44 bits per heavy atom. The Labute approximate surface area is 96.3 Å². The van der Waals surface area contributed by atoms with Gasteiger partial charge in [0, 0.05) is 22.1 Å². The molecule has 0 heterocycles. The van der Waals surface area contributed by atoms with Gasteiger partial charge in [0.05, 0.1) is 0 Å². The van der Waals surface area contributed by atoms with Crippen molar-refractivity contribution in [2.45, 2.75) is 26.2 Å². The monoisotopic (exact) mass is 214 g/mol. The standard InChI is InChI=1S/C14H18N2/c1-2-3-6-10-9-13(15)11-7-4-5-8-12(11)14(10)16/h4-5,7-9H,2-3,6,15-16H2,1H3. The maximum absolute atomic E-state index is 6.17. The van der Waals surface area contributed by atoms with Crippen molar-refractivity contribution in [3.05, 3.63) is 35.9 Å². The fourth-order valence-electron chi connectivity index (χ4n) is 2.06. The van der Waals surface area contributed by atoms with Crippen LogP contribution in [0.15, 0.2) is 30.3 Å². The molecule has 0 unspecified atom stereocenters. The molecule has 0 saturated carbocycles. The lowest BCUT2D eigenvalue weighted by atomic mass is 9.99. The number of hydrogen-bond acceptors (Lipinski definition) is 2. The highest BCUT2D eigenvalue weighted by Gasteiger charge is 2.06. The maximum Gasteiger partial charge on any atom is 0.0427 e. The quantitative estimate of drug-likeness (QED) is 0.770. The predicted octanol–water partition coefficient (Wildman–Crippen LogP) is 3.35. The summed E-state index contributed by atoms with van der Waals surface area (Å²) in [6.45, 7) is 2.18. The molecular weight excluding hydrogens is 196 g/mol. The number of benzene rings is 2. The summed E-state index contributed by atoms with van der Waals surface area (Å²) < 4.78 is 0. The first-order valence-corrected chi connectivity index (χ1v) is 5.79. The van der Waals surface area contributed by atoms with Gasteiger partial charge in [0.25, 0.3) is 0 Å². The van der Waals surface area contributed by atoms with Crippen LogP contribution in [0.4, 0.5) is 11.4 Å². The second kappa shape index (κ2) is 4.44. The van der Waals surface area contributed by atoms with Crippen molar-refractivity contribution in [3.8, 4) is 0 Å². The van der Waals surface area contributed by atoms with Gasteiger partial charge in [0.2, 0.25) is 0 Å². The molecule has 2 nitrogen and oxygen atoms in total. The van der Waals surface area contributed by atoms with Crippen LogP contribution in [-0.4, -0.2) is 0 Å². The van der Waals surface area contributed by atoms with Gasteiger partial charge in [-0.25, -0.2) is 0 Å². The molecule has 0 radical (unpaired) electrons. The van der Waals surface area contributed by atoms with Crippen LogP contribution in [0.1, 0.15) is 25.3 Å². The lowest BCUT2D eigenvalue weighted by molar-refractivity contribution is 0.797. The molecule has 0 saturated heterocycles. The van der Waals surface area contributed by atoms with Gasteiger partial charge in [-0.1, -0.05) is 37.6 Å². The van der Waals surface area contributed by atoms with Gasteiger partial charge in [-0.15, -0.1) is 0 Å². The minimum atomic E-state index is 0.830. The van der Waals surface area contributed by atoms with E-state index in [4.69, 9.17) is 11.5 Å². The number of aryl methyl sites for hydroxylation is 1. The van der Waals surface area contributed by atoms with Gasteiger partial charge in [0.15, 0.2) is 0 Å². The van der Waals surface area contributed by atoms with Crippen LogP contribution < -0.4 is 11.5 Å². The third kappa shape index (κ3) is 1.83. The van der Waals surface area contributed by atoms with Gasteiger partial charge in [-0.3, -0.25) is 0 Å². The number of unbranched alkanes of at least 4 members (excludes halogenated alkanes) is 1. The van der Waals surface area contributed by atoms with E-state index in [-0.39, 0.29) is 0 Å². The first kappa shape index (κ1) is 10.8. The average molecular weight is 214 g/mol. The second-order valence-corrected chi connectivity index (χ2v) is 4.19. The summed E-state index contributed by atoms with van der Waals surface area (Å²) >= 11 is 0. The molecule has 0 atom stereocenters. The smallest absolute Gasteiger partial charge is 0.0427 e. The molecule has 84 valence electrons. The van der Waals surface area contributed by atoms with Crippen LogP contribution >= 0.6 is 0 Å². The number of hydrogen-bond donors (Lipinski definition) is 2. The molecule has 0 bridgehead atoms. The molecule has 0 amide bonds. The summed E-state index contributed by atoms with van der Waals surface area (Å²) in [6, 6.07) is 10.1. The van der Waals surface area contributed by atoms with E-state index in [0.717, 1.165) is 35.0 Å². The molecule has 4 N–H and O–H groups in total. The Morgan fingerprint density at radius 1 is 1.06 bits per heavy atom. The lowest BCUT2D eigenvalue weighted by Crippen LogP contribution is -1.99. The Morgan fingerprint density at radius 2 is 1.75 bits per heavy atom. The molecular formula is C14H18N2. The van der Waals surface area contributed by atoms with E-state index in [2.05, 4.69) is 6.92 Å². The Hall–Kier alpha value is -1.70. The second-order valence-electron chi connectivity index (χ2n) is 4.19. The molecule has 0 fully saturated rings.